The van der Waals surface area contributed by atoms with Crippen molar-refractivity contribution in [2.24, 2.45) is 0 Å². The quantitative estimate of drug-likeness (QED) is 0.811. The number of likely N-dealkylation sites (N-methyl/N-ethyl adjacent to an activating group) is 1. The minimum atomic E-state index is -0.284. The smallest absolute Gasteiger partial charge is 0.126 e. The number of aromatic nitrogens is 2. The summed E-state index contributed by atoms with van der Waals surface area (Å²) in [5, 5.41) is 0. The second-order valence-corrected chi connectivity index (χ2v) is 5.94. The van der Waals surface area contributed by atoms with Crippen LogP contribution < -0.4 is 4.74 Å². The first-order chi connectivity index (χ1) is 11.0. The number of aromatic amines is 1. The van der Waals surface area contributed by atoms with E-state index in [-0.39, 0.29) is 5.82 Å². The Morgan fingerprint density at radius 2 is 2.00 bits per heavy atom. The van der Waals surface area contributed by atoms with Gasteiger partial charge in [-0.1, -0.05) is 6.07 Å². The van der Waals surface area contributed by atoms with Crippen molar-refractivity contribution in [3.05, 3.63) is 47.3 Å². The summed E-state index contributed by atoms with van der Waals surface area (Å²) in [7, 11) is 5.67. The summed E-state index contributed by atoms with van der Waals surface area (Å²) in [6, 6.07) is 4.69. The van der Waals surface area contributed by atoms with Gasteiger partial charge in [0.1, 0.15) is 11.6 Å². The van der Waals surface area contributed by atoms with Gasteiger partial charge in [-0.15, -0.1) is 0 Å². The van der Waals surface area contributed by atoms with Crippen molar-refractivity contribution < 1.29 is 9.13 Å². The van der Waals surface area contributed by atoms with Crippen molar-refractivity contribution in [1.29, 1.82) is 0 Å². The zero-order chi connectivity index (χ0) is 16.8. The molecule has 0 aliphatic rings. The van der Waals surface area contributed by atoms with Crippen LogP contribution in [0.25, 0.3) is 0 Å². The standard InChI is InChI=1S/C17H25FN4O/c1-13-16(20-12-19-13)11-22(8-7-21(2)3)10-14-5-6-15(18)9-17(14)23-4/h5-6,9,12H,7-8,10-11H2,1-4H3,(H,19,20). The van der Waals surface area contributed by atoms with Crippen LogP contribution in [-0.4, -0.2) is 54.1 Å². The molecule has 0 aliphatic heterocycles. The molecule has 1 aromatic carbocycles. The predicted molar refractivity (Wildman–Crippen MR) is 88.9 cm³/mol. The Bertz CT molecular complexity index is 627. The average molecular weight is 320 g/mol. The highest BCUT2D eigenvalue weighted by Gasteiger charge is 2.14. The van der Waals surface area contributed by atoms with Crippen LogP contribution in [0.5, 0.6) is 5.75 Å². The number of benzene rings is 1. The van der Waals surface area contributed by atoms with Gasteiger partial charge >= 0.3 is 0 Å². The Morgan fingerprint density at radius 3 is 2.61 bits per heavy atom. The highest BCUT2D eigenvalue weighted by molar-refractivity contribution is 5.34. The lowest BCUT2D eigenvalue weighted by molar-refractivity contribution is 0.221. The second kappa shape index (κ2) is 8.08. The van der Waals surface area contributed by atoms with Crippen molar-refractivity contribution in [2.75, 3.05) is 34.3 Å². The van der Waals surface area contributed by atoms with Crippen LogP contribution in [0.2, 0.25) is 0 Å². The fraction of sp³-hybridized carbons (Fsp3) is 0.471. The Hall–Kier alpha value is -1.92. The third kappa shape index (κ3) is 5.04. The number of nitrogens with zero attached hydrogens (tertiary/aromatic N) is 3. The van der Waals surface area contributed by atoms with Gasteiger partial charge in [0.05, 0.1) is 19.1 Å². The van der Waals surface area contributed by atoms with Gasteiger partial charge in [-0.3, -0.25) is 4.90 Å². The number of nitrogens with one attached hydrogen (secondary N) is 1. The van der Waals surface area contributed by atoms with Crippen molar-refractivity contribution in [1.82, 2.24) is 19.8 Å². The summed E-state index contributed by atoms with van der Waals surface area (Å²) in [5.74, 6) is 0.298. The molecule has 0 fully saturated rings. The summed E-state index contributed by atoms with van der Waals surface area (Å²) in [6.45, 7) is 5.27. The molecule has 6 heteroatoms. The number of methoxy groups -OCH3 is 1. The fourth-order valence-corrected chi connectivity index (χ4v) is 2.40. The zero-order valence-electron chi connectivity index (χ0n) is 14.3. The van der Waals surface area contributed by atoms with Crippen LogP contribution in [0.3, 0.4) is 0 Å². The molecule has 2 aromatic rings. The Kier molecular flexibility index (Phi) is 6.12. The van der Waals surface area contributed by atoms with E-state index in [1.165, 1.54) is 12.1 Å². The molecule has 0 amide bonds. The molecule has 126 valence electrons. The molecule has 0 saturated carbocycles. The summed E-state index contributed by atoms with van der Waals surface area (Å²) < 4.78 is 18.7. The van der Waals surface area contributed by atoms with Gasteiger partial charge in [0.15, 0.2) is 0 Å². The molecule has 1 aromatic heterocycles. The lowest BCUT2D eigenvalue weighted by Crippen LogP contribution is -2.31. The number of hydrogen-bond donors (Lipinski definition) is 1. The average Bonchev–Trinajstić information content (AvgIpc) is 2.91. The Morgan fingerprint density at radius 1 is 1.22 bits per heavy atom. The number of aryl methyl sites for hydroxylation is 1. The first kappa shape index (κ1) is 17.4. The van der Waals surface area contributed by atoms with Gasteiger partial charge in [-0.2, -0.15) is 0 Å². The molecule has 0 aliphatic carbocycles. The van der Waals surface area contributed by atoms with Crippen LogP contribution in [-0.2, 0) is 13.1 Å². The van der Waals surface area contributed by atoms with E-state index in [0.717, 1.165) is 36.6 Å². The molecule has 0 radical (unpaired) electrons. The van der Waals surface area contributed by atoms with E-state index in [1.54, 1.807) is 19.5 Å². The number of H-pyrrole nitrogens is 1. The molecule has 1 N–H and O–H groups in total. The van der Waals surface area contributed by atoms with Crippen LogP contribution in [0.4, 0.5) is 4.39 Å². The van der Waals surface area contributed by atoms with Crippen LogP contribution in [0.15, 0.2) is 24.5 Å². The van der Waals surface area contributed by atoms with E-state index in [1.807, 2.05) is 6.92 Å². The minimum absolute atomic E-state index is 0.284. The number of halogens is 1. The molecule has 2 rings (SSSR count). The molecular weight excluding hydrogens is 295 g/mol. The molecule has 0 saturated heterocycles. The molecular formula is C17H25FN4O. The third-order valence-electron chi connectivity index (χ3n) is 3.81. The van der Waals surface area contributed by atoms with Gasteiger partial charge < -0.3 is 14.6 Å². The first-order valence-electron chi connectivity index (χ1n) is 7.68. The highest BCUT2D eigenvalue weighted by Crippen LogP contribution is 2.22. The van der Waals surface area contributed by atoms with Crippen molar-refractivity contribution in [3.63, 3.8) is 0 Å². The Labute approximate surface area is 137 Å². The fourth-order valence-electron chi connectivity index (χ4n) is 2.40. The zero-order valence-corrected chi connectivity index (χ0v) is 14.3. The van der Waals surface area contributed by atoms with E-state index in [0.29, 0.717) is 12.3 Å². The lowest BCUT2D eigenvalue weighted by atomic mass is 10.1. The Balaban J connectivity index is 2.15. The molecule has 1 heterocycles. The van der Waals surface area contributed by atoms with Gasteiger partial charge in [0.25, 0.3) is 0 Å². The highest BCUT2D eigenvalue weighted by atomic mass is 19.1. The SMILES string of the molecule is COc1cc(F)ccc1CN(CCN(C)C)Cc1nc[nH]c1C. The van der Waals surface area contributed by atoms with E-state index >= 15 is 0 Å². The van der Waals surface area contributed by atoms with E-state index in [4.69, 9.17) is 4.74 Å². The summed E-state index contributed by atoms with van der Waals surface area (Å²) in [4.78, 5) is 11.9. The van der Waals surface area contributed by atoms with Crippen molar-refractivity contribution in [3.8, 4) is 5.75 Å². The molecule has 0 unspecified atom stereocenters. The molecule has 23 heavy (non-hydrogen) atoms. The molecule has 0 atom stereocenters. The molecule has 5 nitrogen and oxygen atoms in total. The van der Waals surface area contributed by atoms with E-state index in [2.05, 4.69) is 33.9 Å². The third-order valence-corrected chi connectivity index (χ3v) is 3.81. The van der Waals surface area contributed by atoms with Crippen molar-refractivity contribution in [2.45, 2.75) is 20.0 Å². The normalized spacial score (nSPS) is 11.4. The van der Waals surface area contributed by atoms with Gasteiger partial charge in [-0.25, -0.2) is 9.37 Å². The second-order valence-electron chi connectivity index (χ2n) is 5.94. The monoisotopic (exact) mass is 320 g/mol. The summed E-state index contributed by atoms with van der Waals surface area (Å²) in [6.07, 6.45) is 1.72. The predicted octanol–water partition coefficient (Wildman–Crippen LogP) is 2.43. The first-order valence-corrected chi connectivity index (χ1v) is 7.68. The maximum absolute atomic E-state index is 13.4. The minimum Gasteiger partial charge on any atom is -0.496 e. The van der Waals surface area contributed by atoms with Gasteiger partial charge in [-0.05, 0) is 27.1 Å². The number of imidazole rings is 1. The molecule has 0 spiro atoms. The largest absolute Gasteiger partial charge is 0.496 e. The maximum Gasteiger partial charge on any atom is 0.126 e. The number of hydrogen-bond acceptors (Lipinski definition) is 4. The van der Waals surface area contributed by atoms with Gasteiger partial charge in [0.2, 0.25) is 0 Å². The lowest BCUT2D eigenvalue weighted by Gasteiger charge is -2.24. The topological polar surface area (TPSA) is 44.4 Å². The van der Waals surface area contributed by atoms with Crippen LogP contribution >= 0.6 is 0 Å². The van der Waals surface area contributed by atoms with E-state index < -0.39 is 0 Å². The summed E-state index contributed by atoms with van der Waals surface area (Å²) >= 11 is 0. The van der Waals surface area contributed by atoms with Crippen molar-refractivity contribution >= 4 is 0 Å². The van der Waals surface area contributed by atoms with Crippen LogP contribution in [0.1, 0.15) is 17.0 Å². The van der Waals surface area contributed by atoms with E-state index in [9.17, 15) is 4.39 Å². The van der Waals surface area contributed by atoms with Gasteiger partial charge in [0, 0.05) is 43.5 Å². The van der Waals surface area contributed by atoms with Crippen LogP contribution in [0, 0.1) is 12.7 Å². The summed E-state index contributed by atoms with van der Waals surface area (Å²) in [5.41, 5.74) is 3.08. The molecule has 0 bridgehead atoms. The number of rotatable bonds is 8. The maximum atomic E-state index is 13.4. The number of ether oxygens (including phenoxy) is 1.